The van der Waals surface area contributed by atoms with Gasteiger partial charge in [-0.3, -0.25) is 9.69 Å². The van der Waals surface area contributed by atoms with Gasteiger partial charge in [-0.2, -0.15) is 0 Å². The van der Waals surface area contributed by atoms with Crippen LogP contribution >= 0.6 is 0 Å². The van der Waals surface area contributed by atoms with E-state index in [9.17, 15) is 13.6 Å². The van der Waals surface area contributed by atoms with Crippen molar-refractivity contribution in [1.29, 1.82) is 0 Å². The molecule has 3 aliphatic rings. The van der Waals surface area contributed by atoms with Crippen LogP contribution in [-0.2, 0) is 4.79 Å². The smallest absolute Gasteiger partial charge is 0.255 e. The van der Waals surface area contributed by atoms with Crippen molar-refractivity contribution in [2.45, 2.75) is 57.4 Å². The number of nitrogens with zero attached hydrogens (tertiary/aromatic N) is 1. The zero-order chi connectivity index (χ0) is 15.3. The van der Waals surface area contributed by atoms with E-state index in [1.165, 1.54) is 12.8 Å². The van der Waals surface area contributed by atoms with Crippen LogP contribution in [0.4, 0.5) is 8.78 Å². The van der Waals surface area contributed by atoms with E-state index in [1.54, 1.807) is 0 Å². The Hall–Kier alpha value is -0.710. The highest BCUT2D eigenvalue weighted by Crippen LogP contribution is 2.64. The van der Waals surface area contributed by atoms with Crippen molar-refractivity contribution in [1.82, 2.24) is 10.2 Å². The van der Waals surface area contributed by atoms with Gasteiger partial charge in [-0.15, -0.1) is 0 Å². The van der Waals surface area contributed by atoms with Crippen LogP contribution in [-0.4, -0.2) is 41.9 Å². The average Bonchev–Trinajstić information content (AvgIpc) is 2.81. The van der Waals surface area contributed by atoms with Crippen LogP contribution < -0.4 is 5.32 Å². The quantitative estimate of drug-likeness (QED) is 0.865. The predicted molar refractivity (Wildman–Crippen MR) is 77.2 cm³/mol. The number of hydrogen-bond donors (Lipinski definition) is 1. The summed E-state index contributed by atoms with van der Waals surface area (Å²) in [5.74, 6) is -4.42. The van der Waals surface area contributed by atoms with Crippen molar-refractivity contribution in [2.75, 3.05) is 19.6 Å². The molecule has 2 saturated carbocycles. The average molecular weight is 300 g/mol. The van der Waals surface area contributed by atoms with Crippen LogP contribution in [0.15, 0.2) is 0 Å². The fraction of sp³-hybridized carbons (Fsp3) is 0.938. The minimum absolute atomic E-state index is 0.154. The second kappa shape index (κ2) is 5.18. The van der Waals surface area contributed by atoms with Crippen LogP contribution in [0.25, 0.3) is 0 Å². The number of carbonyl (C=O) groups is 1. The lowest BCUT2D eigenvalue weighted by atomic mass is 9.88. The number of alkyl halides is 2. The van der Waals surface area contributed by atoms with Crippen molar-refractivity contribution >= 4 is 5.91 Å². The molecule has 0 aromatic heterocycles. The first-order valence-electron chi connectivity index (χ1n) is 8.24. The maximum atomic E-state index is 13.6. The van der Waals surface area contributed by atoms with E-state index in [1.807, 2.05) is 0 Å². The van der Waals surface area contributed by atoms with Gasteiger partial charge in [0.05, 0.1) is 0 Å². The van der Waals surface area contributed by atoms with Crippen molar-refractivity contribution in [3.8, 4) is 0 Å². The molecule has 21 heavy (non-hydrogen) atoms. The summed E-state index contributed by atoms with van der Waals surface area (Å²) in [7, 11) is 0. The van der Waals surface area contributed by atoms with Gasteiger partial charge in [0, 0.05) is 36.4 Å². The number of halogens is 2. The van der Waals surface area contributed by atoms with Crippen LogP contribution in [0.2, 0.25) is 0 Å². The topological polar surface area (TPSA) is 32.3 Å². The molecular formula is C16H26F2N2O. The summed E-state index contributed by atoms with van der Waals surface area (Å²) in [5.41, 5.74) is 0.199. The zero-order valence-electron chi connectivity index (χ0n) is 13.0. The maximum absolute atomic E-state index is 13.6. The third-order valence-electron chi connectivity index (χ3n) is 5.82. The minimum Gasteiger partial charge on any atom is -0.355 e. The molecule has 1 aliphatic heterocycles. The molecule has 1 N–H and O–H groups in total. The predicted octanol–water partition coefficient (Wildman–Crippen LogP) is 2.66. The van der Waals surface area contributed by atoms with Gasteiger partial charge in [-0.1, -0.05) is 6.42 Å². The van der Waals surface area contributed by atoms with Gasteiger partial charge in [0.25, 0.3) is 5.92 Å². The van der Waals surface area contributed by atoms with E-state index in [0.717, 1.165) is 19.5 Å². The Balaban J connectivity index is 1.47. The zero-order valence-corrected chi connectivity index (χ0v) is 13.0. The lowest BCUT2D eigenvalue weighted by molar-refractivity contribution is -0.127. The van der Waals surface area contributed by atoms with E-state index in [4.69, 9.17) is 0 Å². The van der Waals surface area contributed by atoms with E-state index in [-0.39, 0.29) is 11.4 Å². The SMILES string of the molecule is CC1(C)CCCN1CCNC(=O)C1CCCC2C1C2(F)F. The molecule has 1 saturated heterocycles. The molecule has 3 atom stereocenters. The fourth-order valence-electron chi connectivity index (χ4n) is 4.39. The Labute approximate surface area is 125 Å². The molecule has 1 heterocycles. The van der Waals surface area contributed by atoms with Gasteiger partial charge in [0.2, 0.25) is 5.91 Å². The number of likely N-dealkylation sites (tertiary alicyclic amines) is 1. The van der Waals surface area contributed by atoms with Crippen LogP contribution in [0.3, 0.4) is 0 Å². The molecule has 1 amide bonds. The van der Waals surface area contributed by atoms with E-state index < -0.39 is 23.7 Å². The minimum atomic E-state index is -2.59. The molecule has 3 rings (SSSR count). The van der Waals surface area contributed by atoms with Gasteiger partial charge in [-0.05, 0) is 46.1 Å². The number of fused-ring (bicyclic) bond motifs is 1. The molecule has 3 fully saturated rings. The molecule has 0 bridgehead atoms. The summed E-state index contributed by atoms with van der Waals surface area (Å²) in [6.07, 6.45) is 4.34. The third kappa shape index (κ3) is 2.69. The Bertz CT molecular complexity index is 425. The second-order valence-electron chi connectivity index (χ2n) is 7.54. The van der Waals surface area contributed by atoms with E-state index in [0.29, 0.717) is 19.4 Å². The first-order valence-corrected chi connectivity index (χ1v) is 8.24. The number of rotatable bonds is 4. The van der Waals surface area contributed by atoms with Crippen molar-refractivity contribution in [2.24, 2.45) is 17.8 Å². The highest BCUT2D eigenvalue weighted by molar-refractivity contribution is 5.79. The number of carbonyl (C=O) groups excluding carboxylic acids is 1. The summed E-state index contributed by atoms with van der Waals surface area (Å²) < 4.78 is 27.2. The van der Waals surface area contributed by atoms with Gasteiger partial charge in [-0.25, -0.2) is 8.78 Å². The van der Waals surface area contributed by atoms with Crippen molar-refractivity contribution < 1.29 is 13.6 Å². The normalized spacial score (nSPS) is 37.0. The largest absolute Gasteiger partial charge is 0.355 e. The summed E-state index contributed by atoms with van der Waals surface area (Å²) in [6.45, 7) is 6.89. The maximum Gasteiger partial charge on any atom is 0.255 e. The first-order chi connectivity index (χ1) is 9.84. The van der Waals surface area contributed by atoms with Crippen LogP contribution in [0, 0.1) is 17.8 Å². The molecule has 3 nitrogen and oxygen atoms in total. The highest BCUT2D eigenvalue weighted by Gasteiger charge is 2.72. The van der Waals surface area contributed by atoms with Gasteiger partial charge in [0.1, 0.15) is 0 Å². The van der Waals surface area contributed by atoms with Crippen molar-refractivity contribution in [3.63, 3.8) is 0 Å². The molecule has 0 spiro atoms. The molecule has 0 radical (unpaired) electrons. The summed E-state index contributed by atoms with van der Waals surface area (Å²) in [4.78, 5) is 14.6. The third-order valence-corrected chi connectivity index (χ3v) is 5.82. The molecule has 120 valence electrons. The van der Waals surface area contributed by atoms with Crippen LogP contribution in [0.1, 0.15) is 46.0 Å². The molecule has 3 unspecified atom stereocenters. The molecule has 0 aromatic carbocycles. The van der Waals surface area contributed by atoms with E-state index >= 15 is 0 Å². The Kier molecular flexibility index (Phi) is 3.75. The Morgan fingerprint density at radius 2 is 2.05 bits per heavy atom. The van der Waals surface area contributed by atoms with Crippen molar-refractivity contribution in [3.05, 3.63) is 0 Å². The monoisotopic (exact) mass is 300 g/mol. The lowest BCUT2D eigenvalue weighted by Crippen LogP contribution is -2.44. The number of nitrogens with one attached hydrogen (secondary N) is 1. The lowest BCUT2D eigenvalue weighted by Gasteiger charge is -2.31. The molecule has 2 aliphatic carbocycles. The Morgan fingerprint density at radius 1 is 1.29 bits per heavy atom. The fourth-order valence-corrected chi connectivity index (χ4v) is 4.39. The van der Waals surface area contributed by atoms with Gasteiger partial charge < -0.3 is 5.32 Å². The second-order valence-corrected chi connectivity index (χ2v) is 7.54. The van der Waals surface area contributed by atoms with Gasteiger partial charge >= 0.3 is 0 Å². The molecular weight excluding hydrogens is 274 g/mol. The first kappa shape index (κ1) is 15.2. The number of amides is 1. The van der Waals surface area contributed by atoms with E-state index in [2.05, 4.69) is 24.1 Å². The molecule has 0 aromatic rings. The number of hydrogen-bond acceptors (Lipinski definition) is 2. The Morgan fingerprint density at radius 3 is 2.71 bits per heavy atom. The van der Waals surface area contributed by atoms with Crippen LogP contribution in [0.5, 0.6) is 0 Å². The summed E-state index contributed by atoms with van der Waals surface area (Å²) >= 11 is 0. The standard InChI is InChI=1S/C16H26F2N2O/c1-15(2)7-4-9-20(15)10-8-19-14(21)11-5-3-6-12-13(11)16(12,17)18/h11-13H,3-10H2,1-2H3,(H,19,21). The summed E-state index contributed by atoms with van der Waals surface area (Å²) in [5, 5.41) is 2.90. The van der Waals surface area contributed by atoms with Gasteiger partial charge in [0.15, 0.2) is 0 Å². The molecule has 5 heteroatoms. The highest BCUT2D eigenvalue weighted by atomic mass is 19.3. The summed E-state index contributed by atoms with van der Waals surface area (Å²) in [6, 6.07) is 0.